The van der Waals surface area contributed by atoms with Gasteiger partial charge in [-0.05, 0) is 35.6 Å². The Hall–Kier alpha value is -1.42. The lowest BCUT2D eigenvalue weighted by atomic mass is 9.94. The van der Waals surface area contributed by atoms with Gasteiger partial charge < -0.3 is 0 Å². The average molecular weight is 276 g/mol. The zero-order valence-electron chi connectivity index (χ0n) is 10.9. The summed E-state index contributed by atoms with van der Waals surface area (Å²) in [6.45, 7) is 2.14. The predicted octanol–water partition coefficient (Wildman–Crippen LogP) is 3.04. The van der Waals surface area contributed by atoms with Crippen LogP contribution >= 0.6 is 11.6 Å². The number of hydrogen-bond acceptors (Lipinski definition) is 3. The Balaban J connectivity index is 2.28. The zero-order valence-corrected chi connectivity index (χ0v) is 11.7. The molecule has 0 saturated carbocycles. The molecule has 19 heavy (non-hydrogen) atoms. The summed E-state index contributed by atoms with van der Waals surface area (Å²) in [6.07, 6.45) is 5.14. The zero-order chi connectivity index (χ0) is 13.7. The van der Waals surface area contributed by atoms with Gasteiger partial charge in [-0.25, -0.2) is 0 Å². The molecular weight excluding hydrogens is 258 g/mol. The topological polar surface area (TPSA) is 50.9 Å². The molecule has 0 aliphatic carbocycles. The SMILES string of the molecule is CCc1ccccc1C(Cc1ccncc1Cl)NN. The summed E-state index contributed by atoms with van der Waals surface area (Å²) < 4.78 is 0. The highest BCUT2D eigenvalue weighted by atomic mass is 35.5. The monoisotopic (exact) mass is 275 g/mol. The number of nitrogens with two attached hydrogens (primary N) is 1. The van der Waals surface area contributed by atoms with E-state index in [1.807, 2.05) is 12.1 Å². The van der Waals surface area contributed by atoms with E-state index in [4.69, 9.17) is 17.4 Å². The van der Waals surface area contributed by atoms with E-state index in [1.165, 1.54) is 11.1 Å². The Bertz CT molecular complexity index is 542. The fourth-order valence-corrected chi connectivity index (χ4v) is 2.44. The van der Waals surface area contributed by atoms with E-state index in [0.717, 1.165) is 18.4 Å². The number of hydrogen-bond donors (Lipinski definition) is 2. The van der Waals surface area contributed by atoms with Gasteiger partial charge in [0, 0.05) is 12.4 Å². The average Bonchev–Trinajstić information content (AvgIpc) is 2.46. The maximum Gasteiger partial charge on any atom is 0.0622 e. The Morgan fingerprint density at radius 1 is 1.26 bits per heavy atom. The second kappa shape index (κ2) is 6.66. The van der Waals surface area contributed by atoms with Crippen LogP contribution in [0.2, 0.25) is 5.02 Å². The van der Waals surface area contributed by atoms with Crippen LogP contribution in [0.1, 0.15) is 29.7 Å². The third-order valence-electron chi connectivity index (χ3n) is 3.29. The summed E-state index contributed by atoms with van der Waals surface area (Å²) in [5.74, 6) is 5.72. The second-order valence-electron chi connectivity index (χ2n) is 4.44. The number of benzene rings is 1. The maximum absolute atomic E-state index is 6.16. The lowest BCUT2D eigenvalue weighted by Crippen LogP contribution is -2.30. The Morgan fingerprint density at radius 2 is 2.05 bits per heavy atom. The molecule has 4 heteroatoms. The summed E-state index contributed by atoms with van der Waals surface area (Å²) in [6, 6.07) is 10.3. The first-order valence-corrected chi connectivity index (χ1v) is 6.76. The molecule has 2 aromatic rings. The highest BCUT2D eigenvalue weighted by Crippen LogP contribution is 2.24. The van der Waals surface area contributed by atoms with Crippen molar-refractivity contribution in [1.29, 1.82) is 0 Å². The van der Waals surface area contributed by atoms with E-state index in [-0.39, 0.29) is 6.04 Å². The van der Waals surface area contributed by atoms with Crippen LogP contribution in [0.4, 0.5) is 0 Å². The van der Waals surface area contributed by atoms with Gasteiger partial charge in [-0.3, -0.25) is 16.3 Å². The standard InChI is InChI=1S/C15H18ClN3/c1-2-11-5-3-4-6-13(11)15(19-17)9-12-7-8-18-10-14(12)16/h3-8,10,15,19H,2,9,17H2,1H3. The second-order valence-corrected chi connectivity index (χ2v) is 4.85. The van der Waals surface area contributed by atoms with Crippen LogP contribution in [0.15, 0.2) is 42.7 Å². The molecule has 0 aliphatic heterocycles. The van der Waals surface area contributed by atoms with Crippen molar-refractivity contribution >= 4 is 11.6 Å². The van der Waals surface area contributed by atoms with Crippen molar-refractivity contribution < 1.29 is 0 Å². The van der Waals surface area contributed by atoms with Crippen LogP contribution in [-0.4, -0.2) is 4.98 Å². The lowest BCUT2D eigenvalue weighted by Gasteiger charge is -2.20. The molecule has 1 unspecified atom stereocenters. The number of halogens is 1. The molecule has 3 nitrogen and oxygen atoms in total. The summed E-state index contributed by atoms with van der Waals surface area (Å²) >= 11 is 6.16. The van der Waals surface area contributed by atoms with Gasteiger partial charge in [0.15, 0.2) is 0 Å². The van der Waals surface area contributed by atoms with Gasteiger partial charge >= 0.3 is 0 Å². The minimum Gasteiger partial charge on any atom is -0.271 e. The van der Waals surface area contributed by atoms with E-state index in [0.29, 0.717) is 5.02 Å². The third kappa shape index (κ3) is 3.32. The van der Waals surface area contributed by atoms with Gasteiger partial charge in [0.05, 0.1) is 11.1 Å². The normalized spacial score (nSPS) is 12.4. The van der Waals surface area contributed by atoms with Crippen molar-refractivity contribution in [3.05, 3.63) is 64.4 Å². The van der Waals surface area contributed by atoms with E-state index in [1.54, 1.807) is 12.4 Å². The molecule has 0 bridgehead atoms. The quantitative estimate of drug-likeness (QED) is 0.651. The maximum atomic E-state index is 6.16. The number of aromatic nitrogens is 1. The van der Waals surface area contributed by atoms with Crippen LogP contribution in [-0.2, 0) is 12.8 Å². The molecule has 3 N–H and O–H groups in total. The van der Waals surface area contributed by atoms with Crippen LogP contribution in [0.25, 0.3) is 0 Å². The van der Waals surface area contributed by atoms with Gasteiger partial charge in [0.2, 0.25) is 0 Å². The van der Waals surface area contributed by atoms with Crippen molar-refractivity contribution in [3.63, 3.8) is 0 Å². The molecule has 1 aromatic carbocycles. The highest BCUT2D eigenvalue weighted by molar-refractivity contribution is 6.31. The molecule has 0 spiro atoms. The van der Waals surface area contributed by atoms with Gasteiger partial charge in [-0.1, -0.05) is 42.8 Å². The molecule has 0 radical (unpaired) electrons. The lowest BCUT2D eigenvalue weighted by molar-refractivity contribution is 0.547. The van der Waals surface area contributed by atoms with Crippen LogP contribution in [0.5, 0.6) is 0 Å². The summed E-state index contributed by atoms with van der Waals surface area (Å²) in [5.41, 5.74) is 6.46. The number of hydrazine groups is 1. The smallest absolute Gasteiger partial charge is 0.0622 e. The van der Waals surface area contributed by atoms with E-state index in [2.05, 4.69) is 35.5 Å². The highest BCUT2D eigenvalue weighted by Gasteiger charge is 2.15. The molecule has 0 aliphatic rings. The molecule has 1 atom stereocenters. The van der Waals surface area contributed by atoms with Gasteiger partial charge in [-0.15, -0.1) is 0 Å². The molecule has 0 saturated heterocycles. The predicted molar refractivity (Wildman–Crippen MR) is 78.8 cm³/mol. The van der Waals surface area contributed by atoms with Gasteiger partial charge in [-0.2, -0.15) is 0 Å². The fraction of sp³-hybridized carbons (Fsp3) is 0.267. The van der Waals surface area contributed by atoms with Crippen molar-refractivity contribution in [2.24, 2.45) is 5.84 Å². The van der Waals surface area contributed by atoms with E-state index < -0.39 is 0 Å². The van der Waals surface area contributed by atoms with Gasteiger partial charge in [0.25, 0.3) is 0 Å². The van der Waals surface area contributed by atoms with Crippen LogP contribution in [0, 0.1) is 0 Å². The first-order chi connectivity index (χ1) is 9.26. The Morgan fingerprint density at radius 3 is 2.74 bits per heavy atom. The van der Waals surface area contributed by atoms with E-state index >= 15 is 0 Å². The van der Waals surface area contributed by atoms with Gasteiger partial charge in [0.1, 0.15) is 0 Å². The summed E-state index contributed by atoms with van der Waals surface area (Å²) in [4.78, 5) is 4.00. The first-order valence-electron chi connectivity index (χ1n) is 6.38. The van der Waals surface area contributed by atoms with Crippen LogP contribution in [0.3, 0.4) is 0 Å². The minimum absolute atomic E-state index is 0.0519. The number of aryl methyl sites for hydroxylation is 1. The molecular formula is C15H18ClN3. The first kappa shape index (κ1) is 14.0. The Labute approximate surface area is 118 Å². The van der Waals surface area contributed by atoms with Crippen molar-refractivity contribution in [1.82, 2.24) is 10.4 Å². The number of pyridine rings is 1. The fourth-order valence-electron chi connectivity index (χ4n) is 2.24. The number of nitrogens with one attached hydrogen (secondary N) is 1. The summed E-state index contributed by atoms with van der Waals surface area (Å²) in [5, 5.41) is 0.678. The number of rotatable bonds is 5. The van der Waals surface area contributed by atoms with Crippen molar-refractivity contribution in [3.8, 4) is 0 Å². The largest absolute Gasteiger partial charge is 0.271 e. The third-order valence-corrected chi connectivity index (χ3v) is 3.63. The molecule has 1 heterocycles. The van der Waals surface area contributed by atoms with Crippen molar-refractivity contribution in [2.45, 2.75) is 25.8 Å². The summed E-state index contributed by atoms with van der Waals surface area (Å²) in [7, 11) is 0. The molecule has 100 valence electrons. The minimum atomic E-state index is 0.0519. The molecule has 0 fully saturated rings. The molecule has 0 amide bonds. The van der Waals surface area contributed by atoms with Crippen molar-refractivity contribution in [2.75, 3.05) is 0 Å². The van der Waals surface area contributed by atoms with Crippen LogP contribution < -0.4 is 11.3 Å². The number of nitrogens with zero attached hydrogens (tertiary/aromatic N) is 1. The Kier molecular flexibility index (Phi) is 4.91. The van der Waals surface area contributed by atoms with E-state index in [9.17, 15) is 0 Å². The molecule has 2 rings (SSSR count). The molecule has 1 aromatic heterocycles.